The summed E-state index contributed by atoms with van der Waals surface area (Å²) in [5.41, 5.74) is 4.51. The Bertz CT molecular complexity index is 659. The summed E-state index contributed by atoms with van der Waals surface area (Å²) in [5, 5.41) is 0. The van der Waals surface area contributed by atoms with Gasteiger partial charge in [0.25, 0.3) is 0 Å². The van der Waals surface area contributed by atoms with Gasteiger partial charge in [0.15, 0.2) is 0 Å². The number of methoxy groups -OCH3 is 3. The zero-order chi connectivity index (χ0) is 16.3. The number of benzene rings is 2. The predicted octanol–water partition coefficient (Wildman–Crippen LogP) is 3.77. The van der Waals surface area contributed by atoms with Crippen LogP contribution in [0.2, 0.25) is 0 Å². The molecule has 0 fully saturated rings. The van der Waals surface area contributed by atoms with E-state index in [1.807, 2.05) is 32.0 Å². The molecule has 22 heavy (non-hydrogen) atoms. The first-order valence-electron chi connectivity index (χ1n) is 6.94. The van der Waals surface area contributed by atoms with Gasteiger partial charge in [-0.05, 0) is 42.7 Å². The maximum absolute atomic E-state index is 11.8. The third-order valence-corrected chi connectivity index (χ3v) is 3.66. The van der Waals surface area contributed by atoms with Crippen LogP contribution in [0.1, 0.15) is 21.5 Å². The van der Waals surface area contributed by atoms with Crippen LogP contribution in [-0.2, 0) is 4.74 Å². The SMILES string of the molecule is COC(=O)c1cc(OC)c(-c2c(C)cccc2C)c(OC)c1. The van der Waals surface area contributed by atoms with Crippen LogP contribution in [0.4, 0.5) is 0 Å². The van der Waals surface area contributed by atoms with E-state index < -0.39 is 5.97 Å². The highest BCUT2D eigenvalue weighted by molar-refractivity contribution is 5.93. The summed E-state index contributed by atoms with van der Waals surface area (Å²) in [7, 11) is 4.50. The fourth-order valence-corrected chi connectivity index (χ4v) is 2.60. The average Bonchev–Trinajstić information content (AvgIpc) is 2.53. The number of carbonyl (C=O) groups is 1. The molecule has 4 nitrogen and oxygen atoms in total. The minimum atomic E-state index is -0.426. The number of carbonyl (C=O) groups excluding carboxylic acids is 1. The van der Waals surface area contributed by atoms with Crippen molar-refractivity contribution in [3.8, 4) is 22.6 Å². The van der Waals surface area contributed by atoms with Crippen molar-refractivity contribution < 1.29 is 19.0 Å². The predicted molar refractivity (Wildman–Crippen MR) is 85.8 cm³/mol. The van der Waals surface area contributed by atoms with E-state index in [-0.39, 0.29) is 0 Å². The quantitative estimate of drug-likeness (QED) is 0.806. The van der Waals surface area contributed by atoms with Crippen molar-refractivity contribution >= 4 is 5.97 Å². The van der Waals surface area contributed by atoms with Gasteiger partial charge < -0.3 is 14.2 Å². The van der Waals surface area contributed by atoms with Crippen LogP contribution in [0.5, 0.6) is 11.5 Å². The Morgan fingerprint density at radius 1 is 0.864 bits per heavy atom. The zero-order valence-corrected chi connectivity index (χ0v) is 13.5. The summed E-state index contributed by atoms with van der Waals surface area (Å²) >= 11 is 0. The number of hydrogen-bond acceptors (Lipinski definition) is 4. The van der Waals surface area contributed by atoms with Crippen LogP contribution in [-0.4, -0.2) is 27.3 Å². The summed E-state index contributed by atoms with van der Waals surface area (Å²) in [6.07, 6.45) is 0. The maximum atomic E-state index is 11.8. The molecule has 0 N–H and O–H groups in total. The molecule has 116 valence electrons. The van der Waals surface area contributed by atoms with Gasteiger partial charge in [-0.25, -0.2) is 4.79 Å². The highest BCUT2D eigenvalue weighted by Crippen LogP contribution is 2.42. The Hall–Kier alpha value is -2.49. The standard InChI is InChI=1S/C18H20O4/c1-11-7-6-8-12(2)16(11)17-14(20-3)9-13(18(19)22-5)10-15(17)21-4/h6-10H,1-5H3. The normalized spacial score (nSPS) is 10.2. The second kappa shape index (κ2) is 6.52. The second-order valence-corrected chi connectivity index (χ2v) is 5.01. The Labute approximate surface area is 130 Å². The fraction of sp³-hybridized carbons (Fsp3) is 0.278. The molecule has 0 spiro atoms. The lowest BCUT2D eigenvalue weighted by Crippen LogP contribution is -2.04. The van der Waals surface area contributed by atoms with E-state index in [1.54, 1.807) is 26.4 Å². The van der Waals surface area contributed by atoms with Gasteiger partial charge >= 0.3 is 5.97 Å². The zero-order valence-electron chi connectivity index (χ0n) is 13.5. The van der Waals surface area contributed by atoms with Gasteiger partial charge in [-0.2, -0.15) is 0 Å². The van der Waals surface area contributed by atoms with Gasteiger partial charge in [-0.3, -0.25) is 0 Å². The first kappa shape index (κ1) is 15.9. The van der Waals surface area contributed by atoms with Gasteiger partial charge in [-0.15, -0.1) is 0 Å². The highest BCUT2D eigenvalue weighted by Gasteiger charge is 2.20. The number of rotatable bonds is 4. The van der Waals surface area contributed by atoms with Gasteiger partial charge in [0, 0.05) is 0 Å². The number of ether oxygens (including phenoxy) is 3. The molecule has 4 heteroatoms. The van der Waals surface area contributed by atoms with E-state index in [1.165, 1.54) is 7.11 Å². The molecular formula is C18H20O4. The maximum Gasteiger partial charge on any atom is 0.338 e. The van der Waals surface area contributed by atoms with Crippen LogP contribution >= 0.6 is 0 Å². The van der Waals surface area contributed by atoms with Gasteiger partial charge in [0.2, 0.25) is 0 Å². The first-order valence-corrected chi connectivity index (χ1v) is 6.94. The van der Waals surface area contributed by atoms with Crippen molar-refractivity contribution in [1.82, 2.24) is 0 Å². The molecule has 0 aliphatic carbocycles. The molecule has 0 aliphatic heterocycles. The average molecular weight is 300 g/mol. The van der Waals surface area contributed by atoms with Crippen molar-refractivity contribution in [3.05, 3.63) is 47.0 Å². The topological polar surface area (TPSA) is 44.8 Å². The van der Waals surface area contributed by atoms with Gasteiger partial charge in [0.1, 0.15) is 11.5 Å². The van der Waals surface area contributed by atoms with E-state index in [0.717, 1.165) is 22.3 Å². The van der Waals surface area contributed by atoms with E-state index in [2.05, 4.69) is 0 Å². The number of aryl methyl sites for hydroxylation is 2. The molecule has 0 aliphatic rings. The number of esters is 1. The second-order valence-electron chi connectivity index (χ2n) is 5.01. The molecule has 0 amide bonds. The Morgan fingerprint density at radius 3 is 1.77 bits per heavy atom. The van der Waals surface area contributed by atoms with Crippen molar-refractivity contribution in [1.29, 1.82) is 0 Å². The van der Waals surface area contributed by atoms with Crippen molar-refractivity contribution in [3.63, 3.8) is 0 Å². The highest BCUT2D eigenvalue weighted by atomic mass is 16.5. The lowest BCUT2D eigenvalue weighted by Gasteiger charge is -2.18. The van der Waals surface area contributed by atoms with Crippen LogP contribution in [0.15, 0.2) is 30.3 Å². The molecule has 0 unspecified atom stereocenters. The molecule has 0 saturated carbocycles. The van der Waals surface area contributed by atoms with Crippen molar-refractivity contribution in [2.45, 2.75) is 13.8 Å². The number of hydrogen-bond donors (Lipinski definition) is 0. The van der Waals surface area contributed by atoms with E-state index in [0.29, 0.717) is 17.1 Å². The Balaban J connectivity index is 2.78. The minimum Gasteiger partial charge on any atom is -0.496 e. The molecule has 2 aromatic rings. The molecule has 2 rings (SSSR count). The molecular weight excluding hydrogens is 280 g/mol. The van der Waals surface area contributed by atoms with Gasteiger partial charge in [-0.1, -0.05) is 18.2 Å². The Morgan fingerprint density at radius 2 is 1.36 bits per heavy atom. The third kappa shape index (κ3) is 2.77. The minimum absolute atomic E-state index is 0.395. The Kier molecular flexibility index (Phi) is 4.71. The molecule has 0 atom stereocenters. The molecule has 0 radical (unpaired) electrons. The van der Waals surface area contributed by atoms with Crippen LogP contribution < -0.4 is 9.47 Å². The molecule has 0 heterocycles. The van der Waals surface area contributed by atoms with E-state index in [9.17, 15) is 4.79 Å². The monoisotopic (exact) mass is 300 g/mol. The molecule has 0 bridgehead atoms. The summed E-state index contributed by atoms with van der Waals surface area (Å²) in [5.74, 6) is 0.735. The largest absolute Gasteiger partial charge is 0.496 e. The smallest absolute Gasteiger partial charge is 0.338 e. The first-order chi connectivity index (χ1) is 10.5. The summed E-state index contributed by atoms with van der Waals surface area (Å²) in [6.45, 7) is 4.07. The summed E-state index contributed by atoms with van der Waals surface area (Å²) in [6, 6.07) is 9.44. The van der Waals surface area contributed by atoms with Crippen LogP contribution in [0.3, 0.4) is 0 Å². The van der Waals surface area contributed by atoms with Crippen LogP contribution in [0.25, 0.3) is 11.1 Å². The van der Waals surface area contributed by atoms with Crippen LogP contribution in [0, 0.1) is 13.8 Å². The lowest BCUT2D eigenvalue weighted by molar-refractivity contribution is 0.0600. The van der Waals surface area contributed by atoms with E-state index >= 15 is 0 Å². The third-order valence-electron chi connectivity index (χ3n) is 3.66. The van der Waals surface area contributed by atoms with Crippen molar-refractivity contribution in [2.75, 3.05) is 21.3 Å². The van der Waals surface area contributed by atoms with Gasteiger partial charge in [0.05, 0.1) is 32.5 Å². The molecule has 0 saturated heterocycles. The summed E-state index contributed by atoms with van der Waals surface area (Å²) < 4.78 is 15.8. The molecule has 2 aromatic carbocycles. The summed E-state index contributed by atoms with van der Waals surface area (Å²) in [4.78, 5) is 11.8. The molecule has 0 aromatic heterocycles. The lowest BCUT2D eigenvalue weighted by atomic mass is 9.93. The van der Waals surface area contributed by atoms with Crippen molar-refractivity contribution in [2.24, 2.45) is 0 Å². The fourth-order valence-electron chi connectivity index (χ4n) is 2.60. The van der Waals surface area contributed by atoms with E-state index in [4.69, 9.17) is 14.2 Å².